The van der Waals surface area contributed by atoms with Gasteiger partial charge in [0.1, 0.15) is 0 Å². The normalized spacial score (nSPS) is 31.9. The van der Waals surface area contributed by atoms with Crippen molar-refractivity contribution in [3.05, 3.63) is 0 Å². The number of halogens is 3. The maximum Gasteiger partial charge on any atom is 0.389 e. The molecule has 2 aliphatic rings. The Kier molecular flexibility index (Phi) is 5.24. The van der Waals surface area contributed by atoms with Crippen LogP contribution in [0.25, 0.3) is 0 Å². The summed E-state index contributed by atoms with van der Waals surface area (Å²) < 4.78 is 37.0. The molecule has 2 fully saturated rings. The Morgan fingerprint density at radius 1 is 1.14 bits per heavy atom. The number of hydrogen-bond acceptors (Lipinski definition) is 2. The highest BCUT2D eigenvalue weighted by Crippen LogP contribution is 2.48. The topological polar surface area (TPSA) is 29.3 Å². The fraction of sp³-hybridized carbons (Fsp3) is 1.00. The molecule has 2 saturated carbocycles. The van der Waals surface area contributed by atoms with Crippen molar-refractivity contribution in [1.82, 2.24) is 4.90 Å². The Hall–Kier alpha value is -0.290. The average molecular weight is 306 g/mol. The second kappa shape index (κ2) is 6.45. The lowest BCUT2D eigenvalue weighted by Gasteiger charge is -2.41. The summed E-state index contributed by atoms with van der Waals surface area (Å²) >= 11 is 0. The largest absolute Gasteiger partial charge is 0.389 e. The van der Waals surface area contributed by atoms with Gasteiger partial charge in [-0.2, -0.15) is 13.2 Å². The van der Waals surface area contributed by atoms with Crippen LogP contribution >= 0.6 is 0 Å². The fourth-order valence-corrected chi connectivity index (χ4v) is 4.29. The zero-order valence-corrected chi connectivity index (χ0v) is 13.3. The summed E-state index contributed by atoms with van der Waals surface area (Å²) in [5.41, 5.74) is 5.57. The van der Waals surface area contributed by atoms with Crippen molar-refractivity contribution in [1.29, 1.82) is 0 Å². The van der Waals surface area contributed by atoms with Crippen LogP contribution in [0.3, 0.4) is 0 Å². The molecular formula is C16H29F3N2. The third-order valence-electron chi connectivity index (χ3n) is 5.93. The van der Waals surface area contributed by atoms with Crippen molar-refractivity contribution in [3.63, 3.8) is 0 Å². The predicted molar refractivity (Wildman–Crippen MR) is 78.9 cm³/mol. The summed E-state index contributed by atoms with van der Waals surface area (Å²) in [6.45, 7) is 3.42. The van der Waals surface area contributed by atoms with Gasteiger partial charge in [-0.3, -0.25) is 4.90 Å². The van der Waals surface area contributed by atoms with Gasteiger partial charge in [0.2, 0.25) is 0 Å². The first kappa shape index (κ1) is 17.1. The lowest BCUT2D eigenvalue weighted by atomic mass is 9.86. The lowest BCUT2D eigenvalue weighted by Crippen LogP contribution is -2.51. The van der Waals surface area contributed by atoms with Gasteiger partial charge >= 0.3 is 6.18 Å². The highest BCUT2D eigenvalue weighted by Gasteiger charge is 2.41. The van der Waals surface area contributed by atoms with Gasteiger partial charge in [0.05, 0.1) is 0 Å². The molecule has 0 heterocycles. The highest BCUT2D eigenvalue weighted by molar-refractivity contribution is 4.94. The smallest absolute Gasteiger partial charge is 0.329 e. The van der Waals surface area contributed by atoms with Crippen molar-refractivity contribution < 1.29 is 13.2 Å². The van der Waals surface area contributed by atoms with Gasteiger partial charge in [-0.15, -0.1) is 0 Å². The Bertz CT molecular complexity index is 345. The van der Waals surface area contributed by atoms with Crippen LogP contribution in [-0.2, 0) is 0 Å². The van der Waals surface area contributed by atoms with Crippen molar-refractivity contribution >= 4 is 0 Å². The van der Waals surface area contributed by atoms with Crippen LogP contribution in [0.15, 0.2) is 0 Å². The SMILES string of the molecule is CN(CC1CC2CCC1C2)C(C)(CN)CCCC(F)(F)F. The molecule has 4 atom stereocenters. The van der Waals surface area contributed by atoms with Crippen LogP contribution in [0.1, 0.15) is 51.9 Å². The molecule has 0 aromatic rings. The lowest BCUT2D eigenvalue weighted by molar-refractivity contribution is -0.136. The standard InChI is InChI=1S/C16H29F3N2/c1-15(11-20,6-3-7-16(17,18)19)21(2)10-14-9-12-4-5-13(14)8-12/h12-14H,3-11,20H2,1-2H3. The minimum absolute atomic E-state index is 0.165. The van der Waals surface area contributed by atoms with Crippen molar-refractivity contribution in [2.24, 2.45) is 23.5 Å². The van der Waals surface area contributed by atoms with E-state index < -0.39 is 12.6 Å². The summed E-state index contributed by atoms with van der Waals surface area (Å²) in [6.07, 6.45) is 1.31. The summed E-state index contributed by atoms with van der Waals surface area (Å²) in [4.78, 5) is 2.23. The van der Waals surface area contributed by atoms with Crippen molar-refractivity contribution in [2.75, 3.05) is 20.1 Å². The first-order valence-electron chi connectivity index (χ1n) is 8.21. The molecule has 0 aromatic heterocycles. The van der Waals surface area contributed by atoms with Gasteiger partial charge in [-0.05, 0) is 63.8 Å². The van der Waals surface area contributed by atoms with Gasteiger partial charge in [0.15, 0.2) is 0 Å². The first-order chi connectivity index (χ1) is 9.73. The van der Waals surface area contributed by atoms with E-state index in [9.17, 15) is 13.2 Å². The molecular weight excluding hydrogens is 277 g/mol. The number of nitrogens with zero attached hydrogens (tertiary/aromatic N) is 1. The van der Waals surface area contributed by atoms with Gasteiger partial charge in [-0.1, -0.05) is 6.42 Å². The average Bonchev–Trinajstić information content (AvgIpc) is 2.99. The molecule has 21 heavy (non-hydrogen) atoms. The third-order valence-corrected chi connectivity index (χ3v) is 5.93. The Balaban J connectivity index is 1.83. The molecule has 2 aliphatic carbocycles. The van der Waals surface area contributed by atoms with Gasteiger partial charge in [0, 0.05) is 25.0 Å². The number of rotatable bonds is 7. The van der Waals surface area contributed by atoms with E-state index in [1.54, 1.807) is 0 Å². The molecule has 0 radical (unpaired) electrons. The number of likely N-dealkylation sites (N-methyl/N-ethyl adjacent to an activating group) is 1. The monoisotopic (exact) mass is 306 g/mol. The van der Waals surface area contributed by atoms with Crippen LogP contribution in [-0.4, -0.2) is 36.8 Å². The van der Waals surface area contributed by atoms with Gasteiger partial charge < -0.3 is 5.73 Å². The molecule has 2 nitrogen and oxygen atoms in total. The van der Waals surface area contributed by atoms with Crippen LogP contribution in [0, 0.1) is 17.8 Å². The van der Waals surface area contributed by atoms with Gasteiger partial charge in [0.25, 0.3) is 0 Å². The van der Waals surface area contributed by atoms with E-state index in [4.69, 9.17) is 5.73 Å². The predicted octanol–water partition coefficient (Wildman–Crippen LogP) is 3.80. The third kappa shape index (κ3) is 4.35. The summed E-state index contributed by atoms with van der Waals surface area (Å²) in [5, 5.41) is 0. The first-order valence-corrected chi connectivity index (χ1v) is 8.21. The zero-order valence-electron chi connectivity index (χ0n) is 13.3. The minimum Gasteiger partial charge on any atom is -0.329 e. The number of nitrogens with two attached hydrogens (primary N) is 1. The molecule has 0 saturated heterocycles. The second-order valence-corrected chi connectivity index (χ2v) is 7.49. The maximum absolute atomic E-state index is 12.3. The van der Waals surface area contributed by atoms with E-state index in [1.807, 2.05) is 14.0 Å². The quantitative estimate of drug-likeness (QED) is 0.775. The van der Waals surface area contributed by atoms with E-state index in [0.717, 1.165) is 24.3 Å². The number of alkyl halides is 3. The molecule has 0 amide bonds. The highest BCUT2D eigenvalue weighted by atomic mass is 19.4. The molecule has 0 spiro atoms. The van der Waals surface area contributed by atoms with E-state index in [1.165, 1.54) is 25.7 Å². The Morgan fingerprint density at radius 2 is 1.86 bits per heavy atom. The molecule has 0 aromatic carbocycles. The fourth-order valence-electron chi connectivity index (χ4n) is 4.29. The van der Waals surface area contributed by atoms with Crippen LogP contribution in [0.4, 0.5) is 13.2 Å². The van der Waals surface area contributed by atoms with E-state index >= 15 is 0 Å². The second-order valence-electron chi connectivity index (χ2n) is 7.49. The molecule has 2 N–H and O–H groups in total. The number of fused-ring (bicyclic) bond motifs is 2. The van der Waals surface area contributed by atoms with E-state index in [2.05, 4.69) is 4.90 Å². The minimum atomic E-state index is -4.06. The Labute approximate surface area is 126 Å². The summed E-state index contributed by atoms with van der Waals surface area (Å²) in [7, 11) is 2.03. The zero-order chi connectivity index (χ0) is 15.7. The molecule has 2 bridgehead atoms. The van der Waals surface area contributed by atoms with E-state index in [-0.39, 0.29) is 12.0 Å². The van der Waals surface area contributed by atoms with E-state index in [0.29, 0.717) is 13.0 Å². The van der Waals surface area contributed by atoms with Crippen LogP contribution in [0.5, 0.6) is 0 Å². The summed E-state index contributed by atoms with van der Waals surface area (Å²) in [6, 6.07) is 0. The molecule has 2 rings (SSSR count). The molecule has 4 unspecified atom stereocenters. The Morgan fingerprint density at radius 3 is 2.33 bits per heavy atom. The molecule has 0 aliphatic heterocycles. The maximum atomic E-state index is 12.3. The molecule has 5 heteroatoms. The van der Waals surface area contributed by atoms with Crippen molar-refractivity contribution in [3.8, 4) is 0 Å². The van der Waals surface area contributed by atoms with Gasteiger partial charge in [-0.25, -0.2) is 0 Å². The van der Waals surface area contributed by atoms with Crippen molar-refractivity contribution in [2.45, 2.75) is 63.6 Å². The number of hydrogen-bond donors (Lipinski definition) is 1. The van der Waals surface area contributed by atoms with Crippen LogP contribution < -0.4 is 5.73 Å². The van der Waals surface area contributed by atoms with Crippen LogP contribution in [0.2, 0.25) is 0 Å². The molecule has 124 valence electrons. The summed E-state index contributed by atoms with van der Waals surface area (Å²) in [5.74, 6) is 2.47.